The van der Waals surface area contributed by atoms with Gasteiger partial charge >= 0.3 is 0 Å². The van der Waals surface area contributed by atoms with Gasteiger partial charge in [-0.05, 0) is 0 Å². The molecule has 0 aliphatic rings. The SMILES string of the molecule is Cn1cc(-c2cc(N)nc(CS(C)(=O)=O)n2)cn1. The molecule has 96 valence electrons. The van der Waals surface area contributed by atoms with Gasteiger partial charge in [-0.2, -0.15) is 5.10 Å². The Hall–Kier alpha value is -1.96. The molecule has 0 fully saturated rings. The summed E-state index contributed by atoms with van der Waals surface area (Å²) >= 11 is 0. The fraction of sp³-hybridized carbons (Fsp3) is 0.300. The minimum absolute atomic E-state index is 0.191. The van der Waals surface area contributed by atoms with Crippen LogP contribution in [0.2, 0.25) is 0 Å². The maximum atomic E-state index is 11.2. The molecular weight excluding hydrogens is 254 g/mol. The Labute approximate surface area is 105 Å². The second kappa shape index (κ2) is 4.37. The summed E-state index contributed by atoms with van der Waals surface area (Å²) < 4.78 is 24.1. The third kappa shape index (κ3) is 3.04. The summed E-state index contributed by atoms with van der Waals surface area (Å²) in [5.74, 6) is 0.199. The summed E-state index contributed by atoms with van der Waals surface area (Å²) in [6, 6.07) is 1.59. The Balaban J connectivity index is 2.44. The molecule has 0 atom stereocenters. The maximum Gasteiger partial charge on any atom is 0.154 e. The molecule has 2 N–H and O–H groups in total. The molecule has 0 saturated heterocycles. The number of nitrogens with two attached hydrogens (primary N) is 1. The fourth-order valence-corrected chi connectivity index (χ4v) is 2.12. The Morgan fingerprint density at radius 2 is 2.11 bits per heavy atom. The van der Waals surface area contributed by atoms with Crippen molar-refractivity contribution in [1.29, 1.82) is 0 Å². The van der Waals surface area contributed by atoms with Crippen molar-refractivity contribution in [1.82, 2.24) is 19.7 Å². The Morgan fingerprint density at radius 1 is 1.39 bits per heavy atom. The molecule has 0 amide bonds. The molecule has 2 heterocycles. The van der Waals surface area contributed by atoms with Crippen molar-refractivity contribution >= 4 is 15.7 Å². The van der Waals surface area contributed by atoms with E-state index in [0.29, 0.717) is 5.69 Å². The van der Waals surface area contributed by atoms with E-state index in [9.17, 15) is 8.42 Å². The van der Waals surface area contributed by atoms with Gasteiger partial charge in [-0.1, -0.05) is 0 Å². The molecule has 0 aromatic carbocycles. The molecule has 2 aromatic rings. The van der Waals surface area contributed by atoms with Crippen LogP contribution in [0.3, 0.4) is 0 Å². The van der Waals surface area contributed by atoms with E-state index in [1.807, 2.05) is 0 Å². The van der Waals surface area contributed by atoms with Crippen molar-refractivity contribution < 1.29 is 8.42 Å². The number of hydrogen-bond acceptors (Lipinski definition) is 6. The van der Waals surface area contributed by atoms with Gasteiger partial charge in [-0.3, -0.25) is 4.68 Å². The van der Waals surface area contributed by atoms with Crippen molar-refractivity contribution in [3.63, 3.8) is 0 Å². The van der Waals surface area contributed by atoms with Crippen molar-refractivity contribution in [2.24, 2.45) is 7.05 Å². The van der Waals surface area contributed by atoms with Crippen LogP contribution in [0, 0.1) is 0 Å². The van der Waals surface area contributed by atoms with Crippen molar-refractivity contribution in [3.05, 3.63) is 24.3 Å². The lowest BCUT2D eigenvalue weighted by atomic mass is 10.2. The molecule has 0 unspecified atom stereocenters. The lowest BCUT2D eigenvalue weighted by molar-refractivity contribution is 0.599. The highest BCUT2D eigenvalue weighted by Gasteiger charge is 2.11. The molecular formula is C10H13N5O2S. The minimum Gasteiger partial charge on any atom is -0.384 e. The standard InChI is InChI=1S/C10H13N5O2S/c1-15-5-7(4-12-15)8-3-9(11)14-10(13-8)6-18(2,16)17/h3-5H,6H2,1-2H3,(H2,11,13,14). The molecule has 2 rings (SSSR count). The van der Waals surface area contributed by atoms with Crippen molar-refractivity contribution in [3.8, 4) is 11.3 Å². The number of aryl methyl sites for hydroxylation is 1. The van der Waals surface area contributed by atoms with E-state index in [4.69, 9.17) is 5.73 Å². The number of nitrogens with zero attached hydrogens (tertiary/aromatic N) is 4. The van der Waals surface area contributed by atoms with Crippen LogP contribution in [0.15, 0.2) is 18.5 Å². The van der Waals surface area contributed by atoms with Crippen molar-refractivity contribution in [2.45, 2.75) is 5.75 Å². The number of aromatic nitrogens is 4. The summed E-state index contributed by atoms with van der Waals surface area (Å²) in [6.45, 7) is 0. The predicted molar refractivity (Wildman–Crippen MR) is 67.2 cm³/mol. The molecule has 0 bridgehead atoms. The molecule has 0 spiro atoms. The van der Waals surface area contributed by atoms with Crippen LogP contribution in [0.5, 0.6) is 0 Å². The Morgan fingerprint density at radius 3 is 2.67 bits per heavy atom. The average Bonchev–Trinajstić information content (AvgIpc) is 2.61. The van der Waals surface area contributed by atoms with Crippen LogP contribution in [0.4, 0.5) is 5.82 Å². The minimum atomic E-state index is -3.19. The quantitative estimate of drug-likeness (QED) is 0.839. The molecule has 0 aliphatic carbocycles. The number of rotatable bonds is 3. The molecule has 18 heavy (non-hydrogen) atoms. The number of nitrogen functional groups attached to an aromatic ring is 1. The van der Waals surface area contributed by atoms with Crippen LogP contribution in [-0.4, -0.2) is 34.4 Å². The summed E-state index contributed by atoms with van der Waals surface area (Å²) in [7, 11) is -1.41. The number of hydrogen-bond donors (Lipinski definition) is 1. The first-order chi connectivity index (χ1) is 8.33. The third-order valence-corrected chi connectivity index (χ3v) is 2.97. The Bertz CT molecular complexity index is 677. The van der Waals surface area contributed by atoms with Gasteiger partial charge in [0.1, 0.15) is 17.4 Å². The van der Waals surface area contributed by atoms with E-state index >= 15 is 0 Å². The molecule has 8 heteroatoms. The summed E-state index contributed by atoms with van der Waals surface area (Å²) in [6.07, 6.45) is 4.53. The highest BCUT2D eigenvalue weighted by Crippen LogP contribution is 2.18. The topological polar surface area (TPSA) is 104 Å². The van der Waals surface area contributed by atoms with Crippen LogP contribution >= 0.6 is 0 Å². The van der Waals surface area contributed by atoms with Gasteiger partial charge in [0.2, 0.25) is 0 Å². The van der Waals surface area contributed by atoms with Gasteiger partial charge in [0.25, 0.3) is 0 Å². The van der Waals surface area contributed by atoms with E-state index in [1.165, 1.54) is 0 Å². The van der Waals surface area contributed by atoms with E-state index in [0.717, 1.165) is 11.8 Å². The average molecular weight is 267 g/mol. The number of sulfone groups is 1. The first-order valence-corrected chi connectivity index (χ1v) is 7.20. The van der Waals surface area contributed by atoms with E-state index in [2.05, 4.69) is 15.1 Å². The zero-order valence-corrected chi connectivity index (χ0v) is 10.8. The van der Waals surface area contributed by atoms with Gasteiger partial charge in [-0.25, -0.2) is 18.4 Å². The normalized spacial score (nSPS) is 11.7. The van der Waals surface area contributed by atoms with Gasteiger partial charge in [-0.15, -0.1) is 0 Å². The second-order valence-electron chi connectivity index (χ2n) is 4.07. The summed E-state index contributed by atoms with van der Waals surface area (Å²) in [5, 5.41) is 4.02. The van der Waals surface area contributed by atoms with Crippen molar-refractivity contribution in [2.75, 3.05) is 12.0 Å². The van der Waals surface area contributed by atoms with Crippen LogP contribution in [0.25, 0.3) is 11.3 Å². The molecule has 0 aliphatic heterocycles. The van der Waals surface area contributed by atoms with Gasteiger partial charge in [0.05, 0.1) is 11.9 Å². The highest BCUT2D eigenvalue weighted by atomic mass is 32.2. The summed E-state index contributed by atoms with van der Waals surface area (Å²) in [5.41, 5.74) is 6.98. The van der Waals surface area contributed by atoms with Crippen LogP contribution in [0.1, 0.15) is 5.82 Å². The van der Waals surface area contributed by atoms with E-state index < -0.39 is 9.84 Å². The monoisotopic (exact) mass is 267 g/mol. The smallest absolute Gasteiger partial charge is 0.154 e. The molecule has 0 radical (unpaired) electrons. The first-order valence-electron chi connectivity index (χ1n) is 5.14. The van der Waals surface area contributed by atoms with E-state index in [1.54, 1.807) is 30.2 Å². The van der Waals surface area contributed by atoms with Gasteiger partial charge < -0.3 is 5.73 Å². The number of anilines is 1. The summed E-state index contributed by atoms with van der Waals surface area (Å²) in [4.78, 5) is 8.09. The van der Waals surface area contributed by atoms with Crippen LogP contribution < -0.4 is 5.73 Å². The molecule has 7 nitrogen and oxygen atoms in total. The first kappa shape index (κ1) is 12.5. The molecule has 2 aromatic heterocycles. The van der Waals surface area contributed by atoms with Gasteiger partial charge in [0.15, 0.2) is 9.84 Å². The fourth-order valence-electron chi connectivity index (χ4n) is 1.52. The Kier molecular flexibility index (Phi) is 3.04. The zero-order valence-electron chi connectivity index (χ0n) is 10.0. The molecule has 0 saturated carbocycles. The lowest BCUT2D eigenvalue weighted by Crippen LogP contribution is -2.07. The van der Waals surface area contributed by atoms with Gasteiger partial charge in [0, 0.05) is 31.1 Å². The zero-order chi connectivity index (χ0) is 13.3. The third-order valence-electron chi connectivity index (χ3n) is 2.18. The maximum absolute atomic E-state index is 11.2. The largest absolute Gasteiger partial charge is 0.384 e. The van der Waals surface area contributed by atoms with Crippen LogP contribution in [-0.2, 0) is 22.6 Å². The highest BCUT2D eigenvalue weighted by molar-refractivity contribution is 7.89. The second-order valence-corrected chi connectivity index (χ2v) is 6.21. The predicted octanol–water partition coefficient (Wildman–Crippen LogP) is 0.00390. The lowest BCUT2D eigenvalue weighted by Gasteiger charge is -2.03. The van der Waals surface area contributed by atoms with E-state index in [-0.39, 0.29) is 17.4 Å².